The summed E-state index contributed by atoms with van der Waals surface area (Å²) >= 11 is 0. The second-order valence-electron chi connectivity index (χ2n) is 6.32. The number of amides is 1. The number of nitrogens with one attached hydrogen (secondary N) is 1. The maximum Gasteiger partial charge on any atom is 0.259 e. The minimum atomic E-state index is -0.251. The number of carbonyl (C=O) groups excluding carboxylic acids is 1. The molecule has 3 heterocycles. The summed E-state index contributed by atoms with van der Waals surface area (Å²) < 4.78 is 5.12. The minimum absolute atomic E-state index is 0.130. The van der Waals surface area contributed by atoms with Crippen LogP contribution in [0.2, 0.25) is 0 Å². The average Bonchev–Trinajstić information content (AvgIpc) is 3.21. The Balaban J connectivity index is 1.75. The summed E-state index contributed by atoms with van der Waals surface area (Å²) in [5.74, 6) is 0.906. The number of aromatic nitrogens is 3. The molecule has 1 atom stereocenters. The summed E-state index contributed by atoms with van der Waals surface area (Å²) in [5, 5.41) is 4.41. The quantitative estimate of drug-likeness (QED) is 0.775. The first kappa shape index (κ1) is 15.6. The molecule has 25 heavy (non-hydrogen) atoms. The van der Waals surface area contributed by atoms with Gasteiger partial charge in [-0.15, -0.1) is 0 Å². The molecule has 128 valence electrons. The van der Waals surface area contributed by atoms with Crippen molar-refractivity contribution >= 4 is 16.8 Å². The van der Waals surface area contributed by atoms with Crippen molar-refractivity contribution in [2.45, 2.75) is 32.7 Å². The molecule has 7 nitrogen and oxygen atoms in total. The summed E-state index contributed by atoms with van der Waals surface area (Å²) in [4.78, 5) is 34.5. The number of nitrogens with zero attached hydrogens (tertiary/aromatic N) is 3. The Morgan fingerprint density at radius 2 is 2.12 bits per heavy atom. The number of hydrogen-bond donors (Lipinski definition) is 1. The van der Waals surface area contributed by atoms with E-state index in [-0.39, 0.29) is 17.5 Å². The number of H-pyrrole nitrogens is 1. The van der Waals surface area contributed by atoms with Crippen molar-refractivity contribution in [1.29, 1.82) is 0 Å². The number of likely N-dealkylation sites (tertiary alicyclic amines) is 1. The zero-order valence-electron chi connectivity index (χ0n) is 14.1. The van der Waals surface area contributed by atoms with Gasteiger partial charge in [-0.3, -0.25) is 9.59 Å². The molecule has 0 aliphatic carbocycles. The van der Waals surface area contributed by atoms with Gasteiger partial charge >= 0.3 is 0 Å². The fourth-order valence-corrected chi connectivity index (χ4v) is 3.49. The minimum Gasteiger partial charge on any atom is -0.361 e. The highest BCUT2D eigenvalue weighted by atomic mass is 16.5. The zero-order valence-corrected chi connectivity index (χ0v) is 14.1. The third-order valence-electron chi connectivity index (χ3n) is 4.71. The lowest BCUT2D eigenvalue weighted by atomic mass is 10.1. The summed E-state index contributed by atoms with van der Waals surface area (Å²) in [6.45, 7) is 4.10. The van der Waals surface area contributed by atoms with Crippen molar-refractivity contribution in [3.63, 3.8) is 0 Å². The fraction of sp³-hybridized carbons (Fsp3) is 0.333. The molecule has 1 unspecified atom stereocenters. The lowest BCUT2D eigenvalue weighted by Crippen LogP contribution is -2.33. The van der Waals surface area contributed by atoms with Crippen LogP contribution in [0.15, 0.2) is 33.6 Å². The highest BCUT2D eigenvalue weighted by Crippen LogP contribution is 2.32. The smallest absolute Gasteiger partial charge is 0.259 e. The standard InChI is InChI=1S/C18H18N4O3/c1-10-15(11(2)25-21-10)18(24)22-9-5-8-14(22)16-19-13-7-4-3-6-12(13)17(23)20-16/h3-4,6-7,14H,5,8-9H2,1-2H3,(H,19,20,23). The second kappa shape index (κ2) is 5.84. The van der Waals surface area contributed by atoms with Crippen LogP contribution in [-0.4, -0.2) is 32.5 Å². The molecule has 1 aliphatic rings. The van der Waals surface area contributed by atoms with Crippen molar-refractivity contribution in [2.24, 2.45) is 0 Å². The Morgan fingerprint density at radius 1 is 1.32 bits per heavy atom. The first-order valence-electron chi connectivity index (χ1n) is 8.29. The van der Waals surface area contributed by atoms with E-state index in [1.54, 1.807) is 24.8 Å². The first-order chi connectivity index (χ1) is 12.1. The predicted molar refractivity (Wildman–Crippen MR) is 91.4 cm³/mol. The largest absolute Gasteiger partial charge is 0.361 e. The van der Waals surface area contributed by atoms with Crippen LogP contribution in [0.1, 0.15) is 46.5 Å². The summed E-state index contributed by atoms with van der Waals surface area (Å²) in [6.07, 6.45) is 1.62. The number of para-hydroxylation sites is 1. The third kappa shape index (κ3) is 2.52. The van der Waals surface area contributed by atoms with E-state index in [2.05, 4.69) is 15.1 Å². The van der Waals surface area contributed by atoms with Gasteiger partial charge in [0, 0.05) is 6.54 Å². The Kier molecular flexibility index (Phi) is 3.63. The van der Waals surface area contributed by atoms with Gasteiger partial charge in [0.15, 0.2) is 0 Å². The lowest BCUT2D eigenvalue weighted by Gasteiger charge is -2.24. The van der Waals surface area contributed by atoms with Crippen LogP contribution in [0.4, 0.5) is 0 Å². The molecule has 0 spiro atoms. The molecule has 0 bridgehead atoms. The molecule has 4 rings (SSSR count). The molecule has 0 saturated carbocycles. The summed E-state index contributed by atoms with van der Waals surface area (Å²) in [6, 6.07) is 6.95. The summed E-state index contributed by atoms with van der Waals surface area (Å²) in [7, 11) is 0. The fourth-order valence-electron chi connectivity index (χ4n) is 3.49. The van der Waals surface area contributed by atoms with Gasteiger partial charge in [0.05, 0.1) is 22.6 Å². The molecule has 7 heteroatoms. The van der Waals surface area contributed by atoms with Gasteiger partial charge in [-0.2, -0.15) is 0 Å². The highest BCUT2D eigenvalue weighted by molar-refractivity contribution is 5.96. The van der Waals surface area contributed by atoms with Gasteiger partial charge in [0.25, 0.3) is 11.5 Å². The van der Waals surface area contributed by atoms with Crippen molar-refractivity contribution in [3.8, 4) is 0 Å². The Bertz CT molecular complexity index is 1000. The molecule has 1 aliphatic heterocycles. The van der Waals surface area contributed by atoms with Crippen LogP contribution < -0.4 is 5.56 Å². The number of carbonyl (C=O) groups is 1. The van der Waals surface area contributed by atoms with Crippen LogP contribution >= 0.6 is 0 Å². The van der Waals surface area contributed by atoms with Crippen LogP contribution in [0.3, 0.4) is 0 Å². The molecular weight excluding hydrogens is 320 g/mol. The van der Waals surface area contributed by atoms with Gasteiger partial charge in [0.2, 0.25) is 0 Å². The van der Waals surface area contributed by atoms with Crippen LogP contribution in [0.25, 0.3) is 10.9 Å². The molecule has 0 radical (unpaired) electrons. The van der Waals surface area contributed by atoms with Crippen molar-refractivity contribution in [2.75, 3.05) is 6.54 Å². The lowest BCUT2D eigenvalue weighted by molar-refractivity contribution is 0.0727. The van der Waals surface area contributed by atoms with Crippen LogP contribution in [-0.2, 0) is 0 Å². The van der Waals surface area contributed by atoms with E-state index < -0.39 is 0 Å². The highest BCUT2D eigenvalue weighted by Gasteiger charge is 2.34. The molecule has 1 saturated heterocycles. The predicted octanol–water partition coefficient (Wildman–Crippen LogP) is 2.51. The summed E-state index contributed by atoms with van der Waals surface area (Å²) in [5.41, 5.74) is 1.53. The molecule has 1 aromatic carbocycles. The second-order valence-corrected chi connectivity index (χ2v) is 6.32. The number of rotatable bonds is 2. The SMILES string of the molecule is Cc1noc(C)c1C(=O)N1CCCC1c1nc2ccccc2c(=O)[nH]1. The van der Waals surface area contributed by atoms with E-state index in [0.29, 0.717) is 40.3 Å². The number of fused-ring (bicyclic) bond motifs is 1. The van der Waals surface area contributed by atoms with Crippen LogP contribution in [0, 0.1) is 13.8 Å². The van der Waals surface area contributed by atoms with Gasteiger partial charge < -0.3 is 14.4 Å². The number of benzene rings is 1. The van der Waals surface area contributed by atoms with Crippen molar-refractivity contribution in [3.05, 3.63) is 57.5 Å². The molecular formula is C18H18N4O3. The van der Waals surface area contributed by atoms with Gasteiger partial charge in [-0.25, -0.2) is 4.98 Å². The molecule has 1 fully saturated rings. The van der Waals surface area contributed by atoms with E-state index in [4.69, 9.17) is 4.52 Å². The average molecular weight is 338 g/mol. The molecule has 1 amide bonds. The van der Waals surface area contributed by atoms with E-state index in [1.807, 2.05) is 18.2 Å². The number of aryl methyl sites for hydroxylation is 2. The van der Waals surface area contributed by atoms with Gasteiger partial charge in [-0.1, -0.05) is 17.3 Å². The van der Waals surface area contributed by atoms with Gasteiger partial charge in [-0.05, 0) is 38.8 Å². The maximum atomic E-state index is 13.0. The normalized spacial score (nSPS) is 17.4. The number of aromatic amines is 1. The Hall–Kier alpha value is -2.96. The van der Waals surface area contributed by atoms with Gasteiger partial charge in [0.1, 0.15) is 17.1 Å². The Morgan fingerprint density at radius 3 is 2.88 bits per heavy atom. The molecule has 1 N–H and O–H groups in total. The number of hydrogen-bond acceptors (Lipinski definition) is 5. The Labute approximate surface area is 143 Å². The molecule has 2 aromatic heterocycles. The maximum absolute atomic E-state index is 13.0. The monoisotopic (exact) mass is 338 g/mol. The van der Waals surface area contributed by atoms with Crippen molar-refractivity contribution < 1.29 is 9.32 Å². The third-order valence-corrected chi connectivity index (χ3v) is 4.71. The van der Waals surface area contributed by atoms with E-state index >= 15 is 0 Å². The van der Waals surface area contributed by atoms with E-state index in [9.17, 15) is 9.59 Å². The zero-order chi connectivity index (χ0) is 17.6. The van der Waals surface area contributed by atoms with E-state index in [0.717, 1.165) is 12.8 Å². The van der Waals surface area contributed by atoms with Crippen molar-refractivity contribution in [1.82, 2.24) is 20.0 Å². The first-order valence-corrected chi connectivity index (χ1v) is 8.29. The van der Waals surface area contributed by atoms with E-state index in [1.165, 1.54) is 0 Å². The molecule has 3 aromatic rings. The topological polar surface area (TPSA) is 92.1 Å². The van der Waals surface area contributed by atoms with Crippen LogP contribution in [0.5, 0.6) is 0 Å².